The summed E-state index contributed by atoms with van der Waals surface area (Å²) in [5, 5.41) is 5.90. The highest BCUT2D eigenvalue weighted by Crippen LogP contribution is 2.25. The van der Waals surface area contributed by atoms with Gasteiger partial charge in [0.25, 0.3) is 5.56 Å². The van der Waals surface area contributed by atoms with Crippen molar-refractivity contribution in [3.63, 3.8) is 0 Å². The van der Waals surface area contributed by atoms with Crippen molar-refractivity contribution >= 4 is 10.8 Å². The third kappa shape index (κ3) is 2.06. The molecule has 0 aliphatic heterocycles. The molecule has 0 aliphatic carbocycles. The number of rotatable bonds is 2. The van der Waals surface area contributed by atoms with E-state index >= 15 is 0 Å². The Morgan fingerprint density at radius 2 is 1.62 bits per heavy atom. The minimum atomic E-state index is -0.129. The van der Waals surface area contributed by atoms with Gasteiger partial charge in [-0.25, -0.2) is 0 Å². The number of para-hydroxylation sites is 1. The van der Waals surface area contributed by atoms with Crippen LogP contribution in [0.15, 0.2) is 65.8 Å². The van der Waals surface area contributed by atoms with Crippen LogP contribution in [0.4, 0.5) is 0 Å². The zero-order valence-electron chi connectivity index (χ0n) is 13.5. The molecule has 4 aromatic rings. The summed E-state index contributed by atoms with van der Waals surface area (Å²) in [4.78, 5) is 17.1. The number of pyridine rings is 1. The summed E-state index contributed by atoms with van der Waals surface area (Å²) in [6.45, 7) is 3.98. The van der Waals surface area contributed by atoms with Crippen LogP contribution in [0, 0.1) is 13.8 Å². The second kappa shape index (κ2) is 5.45. The first-order valence-electron chi connectivity index (χ1n) is 7.74. The molecule has 24 heavy (non-hydrogen) atoms. The molecule has 1 aromatic carbocycles. The molecule has 0 saturated carbocycles. The summed E-state index contributed by atoms with van der Waals surface area (Å²) in [5.74, 6) is 0. The van der Waals surface area contributed by atoms with E-state index in [0.717, 1.165) is 22.5 Å². The average molecular weight is 316 g/mol. The predicted molar refractivity (Wildman–Crippen MR) is 93.9 cm³/mol. The number of nitrogens with zero attached hydrogens (tertiary/aromatic N) is 4. The van der Waals surface area contributed by atoms with Crippen LogP contribution in [-0.2, 0) is 0 Å². The molecule has 0 spiro atoms. The van der Waals surface area contributed by atoms with Crippen molar-refractivity contribution in [2.24, 2.45) is 0 Å². The zero-order valence-corrected chi connectivity index (χ0v) is 13.5. The Morgan fingerprint density at radius 1 is 0.875 bits per heavy atom. The molecule has 0 radical (unpaired) electrons. The Balaban J connectivity index is 2.04. The molecule has 0 aliphatic rings. The highest BCUT2D eigenvalue weighted by molar-refractivity contribution is 5.88. The maximum Gasteiger partial charge on any atom is 0.281 e. The molecule has 0 saturated heterocycles. The van der Waals surface area contributed by atoms with Crippen LogP contribution < -0.4 is 5.56 Å². The molecule has 5 nitrogen and oxygen atoms in total. The van der Waals surface area contributed by atoms with Crippen molar-refractivity contribution in [2.45, 2.75) is 13.8 Å². The van der Waals surface area contributed by atoms with Gasteiger partial charge in [-0.15, -0.1) is 0 Å². The van der Waals surface area contributed by atoms with Gasteiger partial charge >= 0.3 is 0 Å². The van der Waals surface area contributed by atoms with Gasteiger partial charge in [-0.2, -0.15) is 9.78 Å². The van der Waals surface area contributed by atoms with Gasteiger partial charge in [-0.3, -0.25) is 9.78 Å². The van der Waals surface area contributed by atoms with Crippen LogP contribution in [0.1, 0.15) is 11.4 Å². The standard InChI is InChI=1S/C19H16N4O/c1-13-17-12-21-23(16-9-6-10-20-11-16)19(24)18(17)14(2)22(13)15-7-4-3-5-8-15/h3-12H,1-2H3. The van der Waals surface area contributed by atoms with Crippen LogP contribution in [-0.4, -0.2) is 19.3 Å². The van der Waals surface area contributed by atoms with Crippen molar-refractivity contribution < 1.29 is 0 Å². The highest BCUT2D eigenvalue weighted by atomic mass is 16.1. The fraction of sp³-hybridized carbons (Fsp3) is 0.105. The first-order chi connectivity index (χ1) is 11.7. The van der Waals surface area contributed by atoms with Gasteiger partial charge in [0.05, 0.1) is 23.5 Å². The third-order valence-corrected chi connectivity index (χ3v) is 4.31. The Morgan fingerprint density at radius 3 is 2.33 bits per heavy atom. The summed E-state index contributed by atoms with van der Waals surface area (Å²) >= 11 is 0. The number of aromatic nitrogens is 4. The normalized spacial score (nSPS) is 11.1. The van der Waals surface area contributed by atoms with Crippen molar-refractivity contribution in [3.8, 4) is 11.4 Å². The highest BCUT2D eigenvalue weighted by Gasteiger charge is 2.17. The zero-order chi connectivity index (χ0) is 16.7. The minimum Gasteiger partial charge on any atom is -0.317 e. The summed E-state index contributed by atoms with van der Waals surface area (Å²) in [6, 6.07) is 13.6. The lowest BCUT2D eigenvalue weighted by Crippen LogP contribution is -2.21. The van der Waals surface area contributed by atoms with E-state index in [0.29, 0.717) is 11.1 Å². The van der Waals surface area contributed by atoms with E-state index in [4.69, 9.17) is 0 Å². The number of aryl methyl sites for hydroxylation is 2. The van der Waals surface area contributed by atoms with Gasteiger partial charge in [-0.1, -0.05) is 18.2 Å². The average Bonchev–Trinajstić information content (AvgIpc) is 2.88. The second-order valence-electron chi connectivity index (χ2n) is 5.70. The number of benzene rings is 1. The minimum absolute atomic E-state index is 0.129. The van der Waals surface area contributed by atoms with Crippen LogP contribution >= 0.6 is 0 Å². The van der Waals surface area contributed by atoms with Crippen LogP contribution in [0.2, 0.25) is 0 Å². The maximum absolute atomic E-state index is 13.0. The molecule has 0 bridgehead atoms. The maximum atomic E-state index is 13.0. The molecule has 118 valence electrons. The topological polar surface area (TPSA) is 52.7 Å². The molecule has 0 amide bonds. The molecule has 0 atom stereocenters. The number of fused-ring (bicyclic) bond motifs is 1. The first kappa shape index (κ1) is 14.4. The molecule has 0 unspecified atom stereocenters. The fourth-order valence-corrected chi connectivity index (χ4v) is 3.19. The van der Waals surface area contributed by atoms with E-state index in [1.807, 2.05) is 50.2 Å². The summed E-state index contributed by atoms with van der Waals surface area (Å²) in [7, 11) is 0. The third-order valence-electron chi connectivity index (χ3n) is 4.31. The molecular formula is C19H16N4O. The van der Waals surface area contributed by atoms with E-state index in [2.05, 4.69) is 14.6 Å². The lowest BCUT2D eigenvalue weighted by atomic mass is 10.2. The molecule has 3 heterocycles. The monoisotopic (exact) mass is 316 g/mol. The number of hydrogen-bond acceptors (Lipinski definition) is 3. The quantitative estimate of drug-likeness (QED) is 0.571. The predicted octanol–water partition coefficient (Wildman–Crippen LogP) is 3.19. The smallest absolute Gasteiger partial charge is 0.281 e. The van der Waals surface area contributed by atoms with Crippen LogP contribution in [0.3, 0.4) is 0 Å². The molecule has 3 aromatic heterocycles. The van der Waals surface area contributed by atoms with Gasteiger partial charge in [0.2, 0.25) is 0 Å². The lowest BCUT2D eigenvalue weighted by Gasteiger charge is -2.08. The van der Waals surface area contributed by atoms with Gasteiger partial charge in [0, 0.05) is 28.7 Å². The molecule has 0 N–H and O–H groups in total. The van der Waals surface area contributed by atoms with E-state index in [1.165, 1.54) is 4.68 Å². The molecule has 0 fully saturated rings. The van der Waals surface area contributed by atoms with Crippen molar-refractivity contribution in [1.82, 2.24) is 19.3 Å². The van der Waals surface area contributed by atoms with Crippen molar-refractivity contribution in [2.75, 3.05) is 0 Å². The Labute approximate surface area is 138 Å². The van der Waals surface area contributed by atoms with Gasteiger partial charge < -0.3 is 4.57 Å². The van der Waals surface area contributed by atoms with E-state index in [-0.39, 0.29) is 5.56 Å². The van der Waals surface area contributed by atoms with Crippen molar-refractivity contribution in [3.05, 3.63) is 82.8 Å². The fourth-order valence-electron chi connectivity index (χ4n) is 3.19. The Bertz CT molecular complexity index is 1080. The molecule has 4 rings (SSSR count). The SMILES string of the molecule is Cc1c2cnn(-c3cccnc3)c(=O)c2c(C)n1-c1ccccc1. The van der Waals surface area contributed by atoms with E-state index < -0.39 is 0 Å². The van der Waals surface area contributed by atoms with Gasteiger partial charge in [0.1, 0.15) is 0 Å². The van der Waals surface area contributed by atoms with Crippen molar-refractivity contribution in [1.29, 1.82) is 0 Å². The molecular weight excluding hydrogens is 300 g/mol. The van der Waals surface area contributed by atoms with Gasteiger partial charge in [-0.05, 0) is 38.1 Å². The Hall–Kier alpha value is -3.21. The summed E-state index contributed by atoms with van der Waals surface area (Å²) < 4.78 is 3.50. The second-order valence-corrected chi connectivity index (χ2v) is 5.70. The first-order valence-corrected chi connectivity index (χ1v) is 7.74. The Kier molecular flexibility index (Phi) is 3.27. The van der Waals surface area contributed by atoms with E-state index in [1.54, 1.807) is 24.7 Å². The largest absolute Gasteiger partial charge is 0.317 e. The molecule has 5 heteroatoms. The summed E-state index contributed by atoms with van der Waals surface area (Å²) in [5.41, 5.74) is 3.50. The van der Waals surface area contributed by atoms with Crippen LogP contribution in [0.25, 0.3) is 22.1 Å². The van der Waals surface area contributed by atoms with Gasteiger partial charge in [0.15, 0.2) is 0 Å². The lowest BCUT2D eigenvalue weighted by molar-refractivity contribution is 0.816. The van der Waals surface area contributed by atoms with Crippen LogP contribution in [0.5, 0.6) is 0 Å². The summed E-state index contributed by atoms with van der Waals surface area (Å²) in [6.07, 6.45) is 5.07. The van der Waals surface area contributed by atoms with E-state index in [9.17, 15) is 4.79 Å². The number of hydrogen-bond donors (Lipinski definition) is 0.